The van der Waals surface area contributed by atoms with Crippen LogP contribution in [0.25, 0.3) is 0 Å². The molecule has 1 saturated carbocycles. The van der Waals surface area contributed by atoms with Crippen LogP contribution in [0.3, 0.4) is 0 Å². The van der Waals surface area contributed by atoms with Gasteiger partial charge in [-0.2, -0.15) is 20.2 Å². The normalized spacial score (nSPS) is 26.4. The third-order valence-corrected chi connectivity index (χ3v) is 10.4. The van der Waals surface area contributed by atoms with Gasteiger partial charge in [-0.25, -0.2) is 0 Å². The number of anilines is 3. The minimum absolute atomic E-state index is 0.0973. The summed E-state index contributed by atoms with van der Waals surface area (Å²) in [6.07, 6.45) is 3.58. The Bertz CT molecular complexity index is 1310. The molecule has 4 fully saturated rings. The number of nitrogens with two attached hydrogens (primary N) is 1. The Morgan fingerprint density at radius 1 is 1.18 bits per heavy atom. The monoisotopic (exact) mass is 568 g/mol. The molecule has 3 N–H and O–H groups in total. The average Bonchev–Trinajstić information content (AvgIpc) is 3.23. The summed E-state index contributed by atoms with van der Waals surface area (Å²) in [5, 5.41) is 20.8. The third kappa shape index (κ3) is 4.55. The van der Waals surface area contributed by atoms with Crippen LogP contribution in [0, 0.1) is 16.7 Å². The number of aliphatic hydroxyl groups is 1. The molecule has 0 unspecified atom stereocenters. The molecule has 12 nitrogen and oxygen atoms in total. The summed E-state index contributed by atoms with van der Waals surface area (Å²) in [5.74, 6) is 1.01. The number of aromatic nitrogens is 3. The van der Waals surface area contributed by atoms with Crippen LogP contribution in [0.1, 0.15) is 35.3 Å². The van der Waals surface area contributed by atoms with Gasteiger partial charge in [0.05, 0.1) is 50.7 Å². The van der Waals surface area contributed by atoms with Crippen molar-refractivity contribution in [2.24, 2.45) is 5.41 Å². The maximum absolute atomic E-state index is 10.5. The lowest BCUT2D eigenvalue weighted by molar-refractivity contribution is 0.0231. The molecule has 0 amide bonds. The summed E-state index contributed by atoms with van der Waals surface area (Å²) in [6, 6.07) is 2.40. The molecule has 5 heterocycles. The first-order valence-corrected chi connectivity index (χ1v) is 14.9. The first-order valence-electron chi connectivity index (χ1n) is 14.1. The quantitative estimate of drug-likeness (QED) is 0.464. The molecular formula is C27H36N8O4S. The van der Waals surface area contributed by atoms with Gasteiger partial charge < -0.3 is 34.9 Å². The van der Waals surface area contributed by atoms with Crippen LogP contribution in [0.15, 0.2) is 0 Å². The van der Waals surface area contributed by atoms with Gasteiger partial charge in [0, 0.05) is 55.5 Å². The van der Waals surface area contributed by atoms with Crippen molar-refractivity contribution in [2.45, 2.75) is 43.2 Å². The van der Waals surface area contributed by atoms with E-state index in [1.165, 1.54) is 4.88 Å². The number of nitrogens with zero attached hydrogens (tertiary/aromatic N) is 7. The molecule has 0 bridgehead atoms. The van der Waals surface area contributed by atoms with E-state index in [2.05, 4.69) is 20.9 Å². The highest BCUT2D eigenvalue weighted by Gasteiger charge is 2.52. The molecule has 1 spiro atoms. The van der Waals surface area contributed by atoms with E-state index in [4.69, 9.17) is 29.9 Å². The van der Waals surface area contributed by atoms with Gasteiger partial charge in [0.15, 0.2) is 0 Å². The summed E-state index contributed by atoms with van der Waals surface area (Å²) < 4.78 is 17.3. The summed E-state index contributed by atoms with van der Waals surface area (Å²) in [7, 11) is 1.88. The Morgan fingerprint density at radius 2 is 1.98 bits per heavy atom. The first kappa shape index (κ1) is 26.2. The molecule has 214 valence electrons. The van der Waals surface area contributed by atoms with E-state index >= 15 is 0 Å². The van der Waals surface area contributed by atoms with E-state index in [0.717, 1.165) is 64.1 Å². The molecule has 0 radical (unpaired) electrons. The standard InChI is InChI=1S/C27H36N8O4S/c1-33(18-11-38-12-19(18)36)23-30-24(35-14-27(15-35)3-2-20-21(27)17(10-28)22(29)40-20)32-25(31-23)39-16-26(4-5-26)13-34-6-8-37-9-7-34/h18-19,36H,2-9,11-16,29H2,1H3/t18-,19+/m1/s1. The highest BCUT2D eigenvalue weighted by molar-refractivity contribution is 7.16. The zero-order chi connectivity index (χ0) is 27.5. The van der Waals surface area contributed by atoms with Gasteiger partial charge >= 0.3 is 6.01 Å². The highest BCUT2D eigenvalue weighted by Crippen LogP contribution is 2.52. The molecule has 2 atom stereocenters. The predicted octanol–water partition coefficient (Wildman–Crippen LogP) is 0.778. The van der Waals surface area contributed by atoms with E-state index in [1.54, 1.807) is 11.3 Å². The lowest BCUT2D eigenvalue weighted by atomic mass is 9.74. The molecule has 0 aromatic carbocycles. The zero-order valence-electron chi connectivity index (χ0n) is 22.8. The maximum atomic E-state index is 10.5. The van der Waals surface area contributed by atoms with E-state index in [0.29, 0.717) is 61.4 Å². The Labute approximate surface area is 237 Å². The number of morpholine rings is 1. The van der Waals surface area contributed by atoms with Crippen LogP contribution >= 0.6 is 11.3 Å². The van der Waals surface area contributed by atoms with Crippen molar-refractivity contribution in [3.05, 3.63) is 16.0 Å². The molecule has 13 heteroatoms. The number of aryl methyl sites for hydroxylation is 1. The summed E-state index contributed by atoms with van der Waals surface area (Å²) in [4.78, 5) is 22.0. The SMILES string of the molecule is CN(c1nc(OCC2(CN3CCOCC3)CC2)nc(N2CC3(CCc4sc(N)c(C#N)c43)C2)n1)[C@@H]1COC[C@@H]1O. The Kier molecular flexibility index (Phi) is 6.51. The number of hydrogen-bond donors (Lipinski definition) is 2. The second-order valence-corrected chi connectivity index (χ2v) is 13.2. The minimum Gasteiger partial charge on any atom is -0.463 e. The van der Waals surface area contributed by atoms with E-state index in [-0.39, 0.29) is 16.9 Å². The van der Waals surface area contributed by atoms with Crippen LogP contribution in [0.4, 0.5) is 16.9 Å². The van der Waals surface area contributed by atoms with Gasteiger partial charge in [0.2, 0.25) is 11.9 Å². The molecule has 2 aliphatic carbocycles. The van der Waals surface area contributed by atoms with E-state index in [1.807, 2.05) is 11.9 Å². The molecular weight excluding hydrogens is 532 g/mol. The van der Waals surface area contributed by atoms with Crippen LogP contribution in [-0.2, 0) is 21.3 Å². The molecule has 5 aliphatic rings. The molecule has 40 heavy (non-hydrogen) atoms. The van der Waals surface area contributed by atoms with Crippen LogP contribution in [0.5, 0.6) is 6.01 Å². The van der Waals surface area contributed by atoms with E-state index < -0.39 is 6.10 Å². The number of thiophene rings is 1. The predicted molar refractivity (Wildman–Crippen MR) is 149 cm³/mol. The number of hydrogen-bond acceptors (Lipinski definition) is 13. The van der Waals surface area contributed by atoms with Crippen LogP contribution in [0.2, 0.25) is 0 Å². The fourth-order valence-electron chi connectivity index (χ4n) is 6.69. The van der Waals surface area contributed by atoms with Crippen molar-refractivity contribution in [2.75, 3.05) is 88.3 Å². The zero-order valence-corrected chi connectivity index (χ0v) is 23.7. The molecule has 2 aromatic rings. The number of nitriles is 1. The van der Waals surface area contributed by atoms with Crippen LogP contribution < -0.4 is 20.3 Å². The van der Waals surface area contributed by atoms with Gasteiger partial charge in [0.25, 0.3) is 0 Å². The number of fused-ring (bicyclic) bond motifs is 2. The molecule has 3 saturated heterocycles. The smallest absolute Gasteiger partial charge is 0.323 e. The van der Waals surface area contributed by atoms with Gasteiger partial charge in [-0.05, 0) is 31.2 Å². The minimum atomic E-state index is -0.615. The van der Waals surface area contributed by atoms with Crippen molar-refractivity contribution in [3.63, 3.8) is 0 Å². The lowest BCUT2D eigenvalue weighted by Crippen LogP contribution is -2.59. The third-order valence-electron chi connectivity index (χ3n) is 9.30. The van der Waals surface area contributed by atoms with Gasteiger partial charge in [-0.15, -0.1) is 11.3 Å². The topological polar surface area (TPSA) is 146 Å². The number of likely N-dealkylation sites (N-methyl/N-ethyl adjacent to an activating group) is 1. The number of rotatable bonds is 8. The van der Waals surface area contributed by atoms with Crippen molar-refractivity contribution >= 4 is 28.2 Å². The largest absolute Gasteiger partial charge is 0.463 e. The van der Waals surface area contributed by atoms with Crippen molar-refractivity contribution in [1.82, 2.24) is 19.9 Å². The highest BCUT2D eigenvalue weighted by atomic mass is 32.1. The second kappa shape index (κ2) is 9.95. The summed E-state index contributed by atoms with van der Waals surface area (Å²) >= 11 is 1.55. The van der Waals surface area contributed by atoms with Gasteiger partial charge in [0.1, 0.15) is 11.1 Å². The van der Waals surface area contributed by atoms with Gasteiger partial charge in [-0.3, -0.25) is 4.90 Å². The fourth-order valence-corrected chi connectivity index (χ4v) is 7.83. The average molecular weight is 569 g/mol. The number of ether oxygens (including phenoxy) is 3. The number of aliphatic hydroxyl groups excluding tert-OH is 1. The Balaban J connectivity index is 1.12. The van der Waals surface area contributed by atoms with Gasteiger partial charge in [-0.1, -0.05) is 0 Å². The van der Waals surface area contributed by atoms with Crippen molar-refractivity contribution in [3.8, 4) is 12.1 Å². The second-order valence-electron chi connectivity index (χ2n) is 12.1. The van der Waals surface area contributed by atoms with Crippen LogP contribution in [-0.4, -0.2) is 110 Å². The summed E-state index contributed by atoms with van der Waals surface area (Å²) in [6.45, 7) is 7.17. The molecule has 7 rings (SSSR count). The van der Waals surface area contributed by atoms with Crippen molar-refractivity contribution in [1.29, 1.82) is 5.26 Å². The summed E-state index contributed by atoms with van der Waals surface area (Å²) in [5.41, 5.74) is 7.97. The van der Waals surface area contributed by atoms with E-state index in [9.17, 15) is 10.4 Å². The van der Waals surface area contributed by atoms with Crippen molar-refractivity contribution < 1.29 is 19.3 Å². The lowest BCUT2D eigenvalue weighted by Gasteiger charge is -2.48. The molecule has 2 aromatic heterocycles. The maximum Gasteiger partial charge on any atom is 0.323 e. The Hall–Kier alpha value is -2.76. The number of nitrogen functional groups attached to an aromatic ring is 1. The first-order chi connectivity index (χ1) is 19.4. The molecule has 3 aliphatic heterocycles. The Morgan fingerprint density at radius 3 is 2.67 bits per heavy atom. The fraction of sp³-hybridized carbons (Fsp3) is 0.704.